The number of ether oxygens (including phenoxy) is 3. The lowest BCUT2D eigenvalue weighted by molar-refractivity contribution is -0.136. The van der Waals surface area contributed by atoms with Gasteiger partial charge in [-0.05, 0) is 79.2 Å². The number of halogens is 1. The molecule has 37 heavy (non-hydrogen) atoms. The molecule has 9 heteroatoms. The first-order chi connectivity index (χ1) is 17.9. The maximum atomic E-state index is 13.7. The highest BCUT2D eigenvalue weighted by Crippen LogP contribution is 2.35. The third kappa shape index (κ3) is 5.27. The summed E-state index contributed by atoms with van der Waals surface area (Å²) in [7, 11) is 0. The Labute approximate surface area is 219 Å². The molecule has 2 aromatic carbocycles. The molecule has 0 saturated heterocycles. The second-order valence-corrected chi connectivity index (χ2v) is 10.2. The monoisotopic (exact) mass is 524 g/mol. The average Bonchev–Trinajstić information content (AvgIpc) is 3.59. The zero-order valence-corrected chi connectivity index (χ0v) is 21.6. The van der Waals surface area contributed by atoms with E-state index < -0.39 is 0 Å². The molecule has 7 nitrogen and oxygen atoms in total. The Bertz CT molecular complexity index is 1280. The van der Waals surface area contributed by atoms with E-state index in [0.717, 1.165) is 12.0 Å². The second kappa shape index (κ2) is 10.8. The van der Waals surface area contributed by atoms with Crippen LogP contribution in [0.5, 0.6) is 17.2 Å². The molecule has 0 fully saturated rings. The lowest BCUT2D eigenvalue weighted by Gasteiger charge is -2.38. The summed E-state index contributed by atoms with van der Waals surface area (Å²) in [4.78, 5) is 31.9. The van der Waals surface area contributed by atoms with Crippen LogP contribution < -0.4 is 14.2 Å². The van der Waals surface area contributed by atoms with Gasteiger partial charge in [-0.3, -0.25) is 9.59 Å². The lowest BCUT2D eigenvalue weighted by atomic mass is 10.00. The normalized spacial score (nSPS) is 16.7. The summed E-state index contributed by atoms with van der Waals surface area (Å²) in [5.74, 6) is 0.966. The number of carbonyl (C=O) groups is 2. The van der Waals surface area contributed by atoms with Crippen molar-refractivity contribution in [2.75, 3.05) is 26.5 Å². The molecule has 0 bridgehead atoms. The molecule has 0 unspecified atom stereocenters. The third-order valence-electron chi connectivity index (χ3n) is 6.95. The van der Waals surface area contributed by atoms with Gasteiger partial charge in [0.2, 0.25) is 12.7 Å². The fraction of sp³-hybridized carbons (Fsp3) is 0.357. The summed E-state index contributed by atoms with van der Waals surface area (Å²) in [6.07, 6.45) is 1.46. The predicted molar refractivity (Wildman–Crippen MR) is 138 cm³/mol. The Kier molecular flexibility index (Phi) is 7.32. The highest BCUT2D eigenvalue weighted by atomic mass is 32.1. The molecule has 0 saturated carbocycles. The van der Waals surface area contributed by atoms with Crippen molar-refractivity contribution < 1.29 is 28.2 Å². The minimum absolute atomic E-state index is 0.0468. The van der Waals surface area contributed by atoms with Crippen molar-refractivity contribution in [3.63, 3.8) is 0 Å². The molecule has 3 aromatic rings. The number of fused-ring (bicyclic) bond motifs is 2. The van der Waals surface area contributed by atoms with Crippen molar-refractivity contribution in [1.29, 1.82) is 0 Å². The largest absolute Gasteiger partial charge is 0.491 e. The first-order valence-corrected chi connectivity index (χ1v) is 13.3. The van der Waals surface area contributed by atoms with Gasteiger partial charge in [0.05, 0.1) is 6.04 Å². The molecule has 1 aromatic heterocycles. The zero-order valence-electron chi connectivity index (χ0n) is 20.8. The Morgan fingerprint density at radius 2 is 1.95 bits per heavy atom. The summed E-state index contributed by atoms with van der Waals surface area (Å²) in [5.41, 5.74) is 1.51. The highest BCUT2D eigenvalue weighted by Gasteiger charge is 2.34. The van der Waals surface area contributed by atoms with E-state index in [1.165, 1.54) is 17.0 Å². The van der Waals surface area contributed by atoms with Gasteiger partial charge in [-0.1, -0.05) is 6.92 Å². The maximum absolute atomic E-state index is 13.7. The fourth-order valence-electron chi connectivity index (χ4n) is 4.66. The Balaban J connectivity index is 1.35. The van der Waals surface area contributed by atoms with E-state index in [0.29, 0.717) is 35.8 Å². The van der Waals surface area contributed by atoms with Crippen LogP contribution in [0.4, 0.5) is 4.39 Å². The number of thiophene rings is 1. The molecule has 194 valence electrons. The minimum Gasteiger partial charge on any atom is -0.491 e. The maximum Gasteiger partial charge on any atom is 0.254 e. The first kappa shape index (κ1) is 25.1. The minimum atomic E-state index is -0.334. The molecule has 2 aliphatic rings. The van der Waals surface area contributed by atoms with Crippen molar-refractivity contribution in [3.8, 4) is 17.2 Å². The van der Waals surface area contributed by atoms with Crippen LogP contribution in [-0.2, 0) is 11.2 Å². The van der Waals surface area contributed by atoms with Crippen molar-refractivity contribution in [2.24, 2.45) is 0 Å². The van der Waals surface area contributed by atoms with Crippen molar-refractivity contribution in [2.45, 2.75) is 38.8 Å². The van der Waals surface area contributed by atoms with Gasteiger partial charge in [-0.15, -0.1) is 11.3 Å². The SMILES string of the molecule is CC[C@@H](C)N(CC(=O)N1CCc2sccc2[C@@H]1COc1ccc(F)cc1)C(=O)c1ccc2c(c1)OCO2. The Morgan fingerprint density at radius 3 is 2.73 bits per heavy atom. The van der Waals surface area contributed by atoms with E-state index in [1.54, 1.807) is 51.5 Å². The molecular weight excluding hydrogens is 495 g/mol. The standard InChI is InChI=1S/C28H29FN2O5S/c1-3-18(2)31(28(33)19-4-9-24-25(14-19)36-17-35-24)15-27(32)30-12-10-26-22(11-13-37-26)23(30)16-34-21-7-5-20(29)6-8-21/h4-9,11,13-14,18,23H,3,10,12,15-17H2,1-2H3/t18-,23+/m1/s1. The van der Waals surface area contributed by atoms with Gasteiger partial charge in [0, 0.05) is 23.0 Å². The first-order valence-electron chi connectivity index (χ1n) is 12.4. The number of rotatable bonds is 8. The van der Waals surface area contributed by atoms with E-state index in [2.05, 4.69) is 0 Å². The third-order valence-corrected chi connectivity index (χ3v) is 7.94. The molecule has 2 aliphatic heterocycles. The van der Waals surface area contributed by atoms with Crippen LogP contribution in [0.2, 0.25) is 0 Å². The van der Waals surface area contributed by atoms with E-state index >= 15 is 0 Å². The lowest BCUT2D eigenvalue weighted by Crippen LogP contribution is -2.49. The highest BCUT2D eigenvalue weighted by molar-refractivity contribution is 7.10. The summed E-state index contributed by atoms with van der Waals surface area (Å²) in [5, 5.41) is 2.03. The van der Waals surface area contributed by atoms with Crippen LogP contribution in [0.1, 0.15) is 47.1 Å². The molecule has 2 atom stereocenters. The quantitative estimate of drug-likeness (QED) is 0.412. The van der Waals surface area contributed by atoms with Crippen LogP contribution in [0.15, 0.2) is 53.9 Å². The zero-order chi connectivity index (χ0) is 25.9. The van der Waals surface area contributed by atoms with Crippen molar-refractivity contribution in [1.82, 2.24) is 9.80 Å². The number of nitrogens with zero attached hydrogens (tertiary/aromatic N) is 2. The summed E-state index contributed by atoms with van der Waals surface area (Å²) >= 11 is 1.67. The average molecular weight is 525 g/mol. The van der Waals surface area contributed by atoms with Crippen LogP contribution in [-0.4, -0.2) is 54.1 Å². The summed E-state index contributed by atoms with van der Waals surface area (Å²) in [6, 6.07) is 12.5. The van der Waals surface area contributed by atoms with Gasteiger partial charge in [0.1, 0.15) is 24.7 Å². The second-order valence-electron chi connectivity index (χ2n) is 9.18. The van der Waals surface area contributed by atoms with Crippen molar-refractivity contribution in [3.05, 3.63) is 75.7 Å². The molecule has 2 amide bonds. The van der Waals surface area contributed by atoms with E-state index in [9.17, 15) is 14.0 Å². The van der Waals surface area contributed by atoms with Crippen LogP contribution >= 0.6 is 11.3 Å². The molecule has 0 N–H and O–H groups in total. The van der Waals surface area contributed by atoms with Crippen LogP contribution in [0.25, 0.3) is 0 Å². The number of amides is 2. The van der Waals surface area contributed by atoms with Gasteiger partial charge in [0.25, 0.3) is 5.91 Å². The van der Waals surface area contributed by atoms with E-state index in [4.69, 9.17) is 14.2 Å². The van der Waals surface area contributed by atoms with Gasteiger partial charge < -0.3 is 24.0 Å². The van der Waals surface area contributed by atoms with Crippen LogP contribution in [0.3, 0.4) is 0 Å². The molecule has 5 rings (SSSR count). The van der Waals surface area contributed by atoms with Gasteiger partial charge >= 0.3 is 0 Å². The summed E-state index contributed by atoms with van der Waals surface area (Å²) < 4.78 is 30.1. The summed E-state index contributed by atoms with van der Waals surface area (Å²) in [6.45, 7) is 4.79. The number of benzene rings is 2. The topological polar surface area (TPSA) is 68.3 Å². The molecule has 0 aliphatic carbocycles. The molecule has 0 spiro atoms. The van der Waals surface area contributed by atoms with Gasteiger partial charge in [-0.2, -0.15) is 0 Å². The van der Waals surface area contributed by atoms with Crippen LogP contribution in [0, 0.1) is 5.82 Å². The van der Waals surface area contributed by atoms with Gasteiger partial charge in [0.15, 0.2) is 11.5 Å². The predicted octanol–water partition coefficient (Wildman–Crippen LogP) is 5.06. The fourth-order valence-corrected chi connectivity index (χ4v) is 5.59. The molecule has 3 heterocycles. The number of hydrogen-bond acceptors (Lipinski definition) is 6. The van der Waals surface area contributed by atoms with Crippen molar-refractivity contribution >= 4 is 23.2 Å². The molecule has 0 radical (unpaired) electrons. The van der Waals surface area contributed by atoms with E-state index in [-0.39, 0.29) is 49.7 Å². The van der Waals surface area contributed by atoms with Gasteiger partial charge in [-0.25, -0.2) is 4.39 Å². The van der Waals surface area contributed by atoms with E-state index in [1.807, 2.05) is 25.3 Å². The Hall–Kier alpha value is -3.59. The molecular formula is C28H29FN2O5S. The smallest absolute Gasteiger partial charge is 0.254 e. The Morgan fingerprint density at radius 1 is 1.16 bits per heavy atom. The number of hydrogen-bond donors (Lipinski definition) is 0. The number of carbonyl (C=O) groups excluding carboxylic acids is 2.